The lowest BCUT2D eigenvalue weighted by Gasteiger charge is -2.25. The monoisotopic (exact) mass is 153 g/mol. The standard InChI is InChI=1S/C9H15NO/c1-5(11)8-6-2-3-7(4-6)9(8)10/h6-9H,2-4,10H2,1H3/t6-,7+,8-,9+/m1/s1. The minimum absolute atomic E-state index is 0.186. The van der Waals surface area contributed by atoms with E-state index in [9.17, 15) is 4.79 Å². The molecular weight excluding hydrogens is 138 g/mol. The van der Waals surface area contributed by atoms with E-state index in [1.165, 1.54) is 19.3 Å². The molecule has 0 aromatic rings. The van der Waals surface area contributed by atoms with Crippen molar-refractivity contribution in [3.63, 3.8) is 0 Å². The van der Waals surface area contributed by atoms with Crippen LogP contribution in [0.25, 0.3) is 0 Å². The van der Waals surface area contributed by atoms with Crippen LogP contribution in [-0.4, -0.2) is 11.8 Å². The van der Waals surface area contributed by atoms with Gasteiger partial charge in [-0.15, -0.1) is 0 Å². The summed E-state index contributed by atoms with van der Waals surface area (Å²) in [5.41, 5.74) is 5.94. The van der Waals surface area contributed by atoms with Crippen molar-refractivity contribution in [1.82, 2.24) is 0 Å². The lowest BCUT2D eigenvalue weighted by molar-refractivity contribution is -0.122. The molecule has 2 heteroatoms. The molecular formula is C9H15NO. The van der Waals surface area contributed by atoms with Crippen molar-refractivity contribution in [3.8, 4) is 0 Å². The van der Waals surface area contributed by atoms with Gasteiger partial charge in [-0.25, -0.2) is 0 Å². The van der Waals surface area contributed by atoms with Crippen LogP contribution in [0.3, 0.4) is 0 Å². The minimum atomic E-state index is 0.186. The fourth-order valence-corrected chi connectivity index (χ4v) is 2.94. The Kier molecular flexibility index (Phi) is 1.53. The fourth-order valence-electron chi connectivity index (χ4n) is 2.94. The maximum Gasteiger partial charge on any atom is 0.134 e. The first-order chi connectivity index (χ1) is 5.20. The number of nitrogens with two attached hydrogens (primary N) is 1. The van der Waals surface area contributed by atoms with Gasteiger partial charge in [-0.05, 0) is 38.0 Å². The highest BCUT2D eigenvalue weighted by atomic mass is 16.1. The van der Waals surface area contributed by atoms with Crippen LogP contribution in [0.5, 0.6) is 0 Å². The van der Waals surface area contributed by atoms with Gasteiger partial charge in [0.25, 0.3) is 0 Å². The van der Waals surface area contributed by atoms with E-state index in [-0.39, 0.29) is 12.0 Å². The maximum atomic E-state index is 11.2. The lowest BCUT2D eigenvalue weighted by atomic mass is 9.83. The van der Waals surface area contributed by atoms with Gasteiger partial charge in [0.05, 0.1) is 0 Å². The number of rotatable bonds is 1. The molecule has 0 aliphatic heterocycles. The molecule has 62 valence electrons. The van der Waals surface area contributed by atoms with Crippen LogP contribution in [0.1, 0.15) is 26.2 Å². The molecule has 2 aliphatic rings. The molecule has 11 heavy (non-hydrogen) atoms. The van der Waals surface area contributed by atoms with Crippen molar-refractivity contribution in [2.24, 2.45) is 23.5 Å². The highest BCUT2D eigenvalue weighted by molar-refractivity contribution is 5.80. The summed E-state index contributed by atoms with van der Waals surface area (Å²) in [4.78, 5) is 11.2. The van der Waals surface area contributed by atoms with Gasteiger partial charge in [-0.3, -0.25) is 4.79 Å². The summed E-state index contributed by atoms with van der Waals surface area (Å²) >= 11 is 0. The summed E-state index contributed by atoms with van der Waals surface area (Å²) in [7, 11) is 0. The zero-order valence-corrected chi connectivity index (χ0v) is 6.92. The first-order valence-electron chi connectivity index (χ1n) is 4.46. The van der Waals surface area contributed by atoms with E-state index < -0.39 is 0 Å². The molecule has 0 radical (unpaired) electrons. The molecule has 2 nitrogen and oxygen atoms in total. The molecule has 2 fully saturated rings. The highest BCUT2D eigenvalue weighted by Crippen LogP contribution is 2.47. The summed E-state index contributed by atoms with van der Waals surface area (Å²) in [6.45, 7) is 1.69. The molecule has 2 aliphatic carbocycles. The van der Waals surface area contributed by atoms with Gasteiger partial charge in [0.1, 0.15) is 5.78 Å². The third-order valence-electron chi connectivity index (χ3n) is 3.45. The summed E-state index contributed by atoms with van der Waals surface area (Å²) in [5, 5.41) is 0. The number of fused-ring (bicyclic) bond motifs is 2. The molecule has 4 atom stereocenters. The number of ketones is 1. The van der Waals surface area contributed by atoms with Crippen LogP contribution in [0.2, 0.25) is 0 Å². The van der Waals surface area contributed by atoms with E-state index in [0.717, 1.165) is 0 Å². The Hall–Kier alpha value is -0.370. The van der Waals surface area contributed by atoms with Crippen LogP contribution in [0.4, 0.5) is 0 Å². The molecule has 0 spiro atoms. The largest absolute Gasteiger partial charge is 0.327 e. The van der Waals surface area contributed by atoms with Gasteiger partial charge in [0.2, 0.25) is 0 Å². The zero-order chi connectivity index (χ0) is 8.01. The molecule has 2 rings (SSSR count). The van der Waals surface area contributed by atoms with Crippen molar-refractivity contribution < 1.29 is 4.79 Å². The predicted molar refractivity (Wildman–Crippen MR) is 43.0 cm³/mol. The van der Waals surface area contributed by atoms with Gasteiger partial charge in [0.15, 0.2) is 0 Å². The first kappa shape index (κ1) is 7.29. The molecule has 0 amide bonds. The fraction of sp³-hybridized carbons (Fsp3) is 0.889. The van der Waals surface area contributed by atoms with Gasteiger partial charge in [-0.1, -0.05) is 0 Å². The lowest BCUT2D eigenvalue weighted by Crippen LogP contribution is -2.39. The van der Waals surface area contributed by atoms with Crippen molar-refractivity contribution in [1.29, 1.82) is 0 Å². The SMILES string of the molecule is CC(=O)[C@@H]1[C@@H]2CC[C@@H](C2)[C@@H]1N. The molecule has 0 saturated heterocycles. The molecule has 2 N–H and O–H groups in total. The quantitative estimate of drug-likeness (QED) is 0.609. The van der Waals surface area contributed by atoms with Crippen LogP contribution in [0.15, 0.2) is 0 Å². The number of Topliss-reactive ketones (excluding diaryl/α,β-unsaturated/α-hetero) is 1. The van der Waals surface area contributed by atoms with Crippen LogP contribution in [-0.2, 0) is 4.79 Å². The second kappa shape index (κ2) is 2.31. The summed E-state index contributed by atoms with van der Waals surface area (Å²) < 4.78 is 0. The van der Waals surface area contributed by atoms with Crippen molar-refractivity contribution in [2.75, 3.05) is 0 Å². The highest BCUT2D eigenvalue weighted by Gasteiger charge is 2.47. The predicted octanol–water partition coefficient (Wildman–Crippen LogP) is 0.949. The van der Waals surface area contributed by atoms with Gasteiger partial charge in [0, 0.05) is 12.0 Å². The Morgan fingerprint density at radius 3 is 2.36 bits per heavy atom. The van der Waals surface area contributed by atoms with E-state index >= 15 is 0 Å². The zero-order valence-electron chi connectivity index (χ0n) is 6.92. The topological polar surface area (TPSA) is 43.1 Å². The Morgan fingerprint density at radius 1 is 1.36 bits per heavy atom. The van der Waals surface area contributed by atoms with E-state index in [2.05, 4.69) is 0 Å². The molecule has 2 bridgehead atoms. The van der Waals surface area contributed by atoms with Crippen LogP contribution < -0.4 is 5.73 Å². The van der Waals surface area contributed by atoms with Gasteiger partial charge >= 0.3 is 0 Å². The van der Waals surface area contributed by atoms with E-state index in [1.54, 1.807) is 6.92 Å². The van der Waals surface area contributed by atoms with E-state index in [4.69, 9.17) is 5.73 Å². The number of hydrogen-bond donors (Lipinski definition) is 1. The second-order valence-electron chi connectivity index (χ2n) is 4.05. The third kappa shape index (κ3) is 0.924. The third-order valence-corrected chi connectivity index (χ3v) is 3.45. The summed E-state index contributed by atoms with van der Waals surface area (Å²) in [5.74, 6) is 1.81. The summed E-state index contributed by atoms with van der Waals surface area (Å²) in [6.07, 6.45) is 3.71. The normalized spacial score (nSPS) is 48.2. The number of carbonyl (C=O) groups is 1. The second-order valence-corrected chi connectivity index (χ2v) is 4.05. The average molecular weight is 153 g/mol. The number of carbonyl (C=O) groups excluding carboxylic acids is 1. The smallest absolute Gasteiger partial charge is 0.134 e. The first-order valence-corrected chi connectivity index (χ1v) is 4.46. The van der Waals surface area contributed by atoms with Crippen molar-refractivity contribution in [2.45, 2.75) is 32.2 Å². The summed E-state index contributed by atoms with van der Waals surface area (Å²) in [6, 6.07) is 0.186. The molecule has 0 aromatic heterocycles. The molecule has 0 aromatic carbocycles. The Bertz CT molecular complexity index is 188. The van der Waals surface area contributed by atoms with Crippen molar-refractivity contribution in [3.05, 3.63) is 0 Å². The molecule has 2 saturated carbocycles. The molecule has 0 unspecified atom stereocenters. The van der Waals surface area contributed by atoms with Crippen LogP contribution in [0, 0.1) is 17.8 Å². The van der Waals surface area contributed by atoms with Crippen molar-refractivity contribution >= 4 is 5.78 Å². The maximum absolute atomic E-state index is 11.2. The van der Waals surface area contributed by atoms with E-state index in [1.807, 2.05) is 0 Å². The van der Waals surface area contributed by atoms with E-state index in [0.29, 0.717) is 17.6 Å². The Labute approximate surface area is 67.1 Å². The van der Waals surface area contributed by atoms with Gasteiger partial charge in [-0.2, -0.15) is 0 Å². The minimum Gasteiger partial charge on any atom is -0.327 e. The number of hydrogen-bond acceptors (Lipinski definition) is 2. The van der Waals surface area contributed by atoms with Crippen LogP contribution >= 0.6 is 0 Å². The average Bonchev–Trinajstić information content (AvgIpc) is 2.44. The Balaban J connectivity index is 2.17. The van der Waals surface area contributed by atoms with Gasteiger partial charge < -0.3 is 5.73 Å². The Morgan fingerprint density at radius 2 is 2.00 bits per heavy atom. The molecule has 0 heterocycles.